The molecular formula is C26H22FNO3. The highest BCUT2D eigenvalue weighted by Gasteiger charge is 2.21. The van der Waals surface area contributed by atoms with Gasteiger partial charge in [-0.05, 0) is 48.2 Å². The molecule has 4 aromatic rings. The van der Waals surface area contributed by atoms with Gasteiger partial charge in [-0.15, -0.1) is 0 Å². The van der Waals surface area contributed by atoms with Crippen LogP contribution in [-0.4, -0.2) is 18.1 Å². The summed E-state index contributed by atoms with van der Waals surface area (Å²) < 4.78 is 24.6. The molecular weight excluding hydrogens is 393 g/mol. The van der Waals surface area contributed by atoms with Gasteiger partial charge in [0.15, 0.2) is 11.4 Å². The Morgan fingerprint density at radius 1 is 0.903 bits per heavy atom. The number of fused-ring (bicyclic) bond motifs is 1. The zero-order valence-electron chi connectivity index (χ0n) is 17.4. The number of pyridine rings is 1. The smallest absolute Gasteiger partial charge is 0.360 e. The number of halogens is 1. The van der Waals surface area contributed by atoms with E-state index in [9.17, 15) is 9.18 Å². The average molecular weight is 415 g/mol. The molecule has 0 radical (unpaired) electrons. The fraction of sp³-hybridized carbons (Fsp3) is 0.154. The normalized spacial score (nSPS) is 10.8. The van der Waals surface area contributed by atoms with Crippen LogP contribution in [-0.2, 0) is 17.8 Å². The number of aromatic nitrogens is 1. The molecule has 0 saturated carbocycles. The number of benzene rings is 3. The van der Waals surface area contributed by atoms with Gasteiger partial charge in [0.2, 0.25) is 0 Å². The van der Waals surface area contributed by atoms with Gasteiger partial charge in [0, 0.05) is 16.5 Å². The van der Waals surface area contributed by atoms with E-state index < -0.39 is 5.97 Å². The van der Waals surface area contributed by atoms with Gasteiger partial charge in [0.25, 0.3) is 0 Å². The van der Waals surface area contributed by atoms with Crippen molar-refractivity contribution in [1.29, 1.82) is 0 Å². The predicted octanol–water partition coefficient (Wildman–Crippen LogP) is 5.64. The van der Waals surface area contributed by atoms with Gasteiger partial charge < -0.3 is 9.47 Å². The summed E-state index contributed by atoms with van der Waals surface area (Å²) in [5.74, 6) is -0.402. The van der Waals surface area contributed by atoms with Gasteiger partial charge in [0.1, 0.15) is 12.4 Å². The Labute approximate surface area is 180 Å². The first-order valence-electron chi connectivity index (χ1n) is 9.98. The van der Waals surface area contributed by atoms with Gasteiger partial charge in [0.05, 0.1) is 7.11 Å². The van der Waals surface area contributed by atoms with E-state index in [1.807, 2.05) is 61.5 Å². The molecule has 0 fully saturated rings. The molecule has 1 aromatic heterocycles. The molecule has 0 atom stereocenters. The zero-order chi connectivity index (χ0) is 21.8. The molecule has 0 aliphatic rings. The second-order valence-electron chi connectivity index (χ2n) is 7.33. The third kappa shape index (κ3) is 4.56. The Kier molecular flexibility index (Phi) is 5.94. The standard InChI is InChI=1S/C26H22FNO3/c1-17-23-15-20(13-19-9-6-10-21(27)14-19)11-12-22(23)25(24(28-17)26(29)30-2)31-16-18-7-4-3-5-8-18/h3-12,14-15H,13,16H2,1-2H3. The highest BCUT2D eigenvalue weighted by molar-refractivity contribution is 6.00. The van der Waals surface area contributed by atoms with Gasteiger partial charge in [-0.2, -0.15) is 0 Å². The van der Waals surface area contributed by atoms with Crippen LogP contribution in [0.5, 0.6) is 5.75 Å². The van der Waals surface area contributed by atoms with E-state index in [2.05, 4.69) is 4.98 Å². The molecule has 0 bridgehead atoms. The minimum atomic E-state index is -0.545. The highest BCUT2D eigenvalue weighted by atomic mass is 19.1. The third-order valence-corrected chi connectivity index (χ3v) is 5.11. The number of nitrogens with zero attached hydrogens (tertiary/aromatic N) is 1. The highest BCUT2D eigenvalue weighted by Crippen LogP contribution is 2.33. The van der Waals surface area contributed by atoms with E-state index in [1.165, 1.54) is 19.2 Å². The first kappa shape index (κ1) is 20.5. The molecule has 0 saturated heterocycles. The molecule has 3 aromatic carbocycles. The van der Waals surface area contributed by atoms with Crippen molar-refractivity contribution in [2.75, 3.05) is 7.11 Å². The number of hydrogen-bond donors (Lipinski definition) is 0. The predicted molar refractivity (Wildman–Crippen MR) is 118 cm³/mol. The number of carbonyl (C=O) groups excluding carboxylic acids is 1. The summed E-state index contributed by atoms with van der Waals surface area (Å²) in [4.78, 5) is 16.9. The number of methoxy groups -OCH3 is 1. The molecule has 0 aliphatic carbocycles. The number of carbonyl (C=O) groups is 1. The van der Waals surface area contributed by atoms with Crippen molar-refractivity contribution >= 4 is 16.7 Å². The lowest BCUT2D eigenvalue weighted by molar-refractivity contribution is 0.0588. The van der Waals surface area contributed by atoms with Crippen LogP contribution < -0.4 is 4.74 Å². The minimum absolute atomic E-state index is 0.154. The molecule has 0 aliphatic heterocycles. The first-order valence-corrected chi connectivity index (χ1v) is 9.98. The van der Waals surface area contributed by atoms with Crippen molar-refractivity contribution in [1.82, 2.24) is 4.98 Å². The van der Waals surface area contributed by atoms with Gasteiger partial charge in [-0.3, -0.25) is 0 Å². The van der Waals surface area contributed by atoms with Gasteiger partial charge >= 0.3 is 5.97 Å². The van der Waals surface area contributed by atoms with Gasteiger partial charge in [-0.1, -0.05) is 54.6 Å². The molecule has 0 spiro atoms. The Balaban J connectivity index is 1.75. The van der Waals surface area contributed by atoms with Crippen molar-refractivity contribution < 1.29 is 18.7 Å². The van der Waals surface area contributed by atoms with E-state index in [-0.39, 0.29) is 11.5 Å². The summed E-state index contributed by atoms with van der Waals surface area (Å²) in [5, 5.41) is 1.66. The van der Waals surface area contributed by atoms with Crippen molar-refractivity contribution in [3.63, 3.8) is 0 Å². The third-order valence-electron chi connectivity index (χ3n) is 5.11. The Hall–Kier alpha value is -3.73. The van der Waals surface area contributed by atoms with Crippen molar-refractivity contribution in [2.24, 2.45) is 0 Å². The van der Waals surface area contributed by atoms with E-state index >= 15 is 0 Å². The maximum atomic E-state index is 13.5. The van der Waals surface area contributed by atoms with E-state index in [4.69, 9.17) is 9.47 Å². The summed E-state index contributed by atoms with van der Waals surface area (Å²) in [6, 6.07) is 22.2. The van der Waals surface area contributed by atoms with E-state index in [0.29, 0.717) is 24.5 Å². The summed E-state index contributed by atoms with van der Waals surface area (Å²) in [7, 11) is 1.33. The molecule has 4 rings (SSSR count). The van der Waals surface area contributed by atoms with E-state index in [0.717, 1.165) is 27.5 Å². The molecule has 156 valence electrons. The molecule has 1 heterocycles. The second-order valence-corrected chi connectivity index (χ2v) is 7.33. The van der Waals surface area contributed by atoms with Crippen LogP contribution >= 0.6 is 0 Å². The largest absolute Gasteiger partial charge is 0.486 e. The van der Waals surface area contributed by atoms with Crippen LogP contribution in [0.2, 0.25) is 0 Å². The Bertz CT molecular complexity index is 1240. The fourth-order valence-electron chi connectivity index (χ4n) is 3.60. The molecule has 4 nitrogen and oxygen atoms in total. The zero-order valence-corrected chi connectivity index (χ0v) is 17.4. The van der Waals surface area contributed by atoms with Crippen molar-refractivity contribution in [2.45, 2.75) is 20.0 Å². The van der Waals surface area contributed by atoms with Crippen LogP contribution in [0, 0.1) is 12.7 Å². The van der Waals surface area contributed by atoms with Crippen LogP contribution in [0.15, 0.2) is 72.8 Å². The lowest BCUT2D eigenvalue weighted by atomic mass is 9.99. The number of rotatable bonds is 6. The van der Waals surface area contributed by atoms with Crippen LogP contribution in [0.1, 0.15) is 32.9 Å². The summed E-state index contributed by atoms with van der Waals surface area (Å²) >= 11 is 0. The lowest BCUT2D eigenvalue weighted by Crippen LogP contribution is -2.10. The second kappa shape index (κ2) is 8.96. The molecule has 0 amide bonds. The van der Waals surface area contributed by atoms with E-state index in [1.54, 1.807) is 6.07 Å². The SMILES string of the molecule is COC(=O)c1nc(C)c2cc(Cc3cccc(F)c3)ccc2c1OCc1ccccc1. The van der Waals surface area contributed by atoms with Crippen LogP contribution in [0.25, 0.3) is 10.8 Å². The molecule has 0 N–H and O–H groups in total. The fourth-order valence-corrected chi connectivity index (χ4v) is 3.60. The lowest BCUT2D eigenvalue weighted by Gasteiger charge is -2.15. The number of esters is 1. The average Bonchev–Trinajstić information content (AvgIpc) is 2.78. The Morgan fingerprint density at radius 2 is 1.65 bits per heavy atom. The topological polar surface area (TPSA) is 48.4 Å². The van der Waals surface area contributed by atoms with Crippen LogP contribution in [0.3, 0.4) is 0 Å². The quantitative estimate of drug-likeness (QED) is 0.383. The minimum Gasteiger partial charge on any atom is -0.486 e. The number of hydrogen-bond acceptors (Lipinski definition) is 4. The maximum absolute atomic E-state index is 13.5. The molecule has 5 heteroatoms. The number of aryl methyl sites for hydroxylation is 1. The number of ether oxygens (including phenoxy) is 2. The summed E-state index contributed by atoms with van der Waals surface area (Å²) in [6.07, 6.45) is 0.589. The summed E-state index contributed by atoms with van der Waals surface area (Å²) in [6.45, 7) is 2.15. The van der Waals surface area contributed by atoms with Crippen LogP contribution in [0.4, 0.5) is 4.39 Å². The van der Waals surface area contributed by atoms with Gasteiger partial charge in [-0.25, -0.2) is 14.2 Å². The van der Waals surface area contributed by atoms with Crippen molar-refractivity contribution in [3.8, 4) is 5.75 Å². The molecule has 31 heavy (non-hydrogen) atoms. The first-order chi connectivity index (χ1) is 15.0. The molecule has 0 unspecified atom stereocenters. The Morgan fingerprint density at radius 3 is 2.39 bits per heavy atom. The van der Waals surface area contributed by atoms with Crippen molar-refractivity contribution in [3.05, 3.63) is 107 Å². The summed E-state index contributed by atoms with van der Waals surface area (Å²) in [5.41, 5.74) is 3.74. The maximum Gasteiger partial charge on any atom is 0.360 e. The monoisotopic (exact) mass is 415 g/mol.